The molecule has 0 fully saturated rings. The molecule has 476 valence electrons. The van der Waals surface area contributed by atoms with Gasteiger partial charge in [-0.25, -0.2) is 0 Å². The molecular weight excluding hydrogens is 985 g/mol. The van der Waals surface area contributed by atoms with Gasteiger partial charge in [0.25, 0.3) is 0 Å². The highest BCUT2D eigenvalue weighted by atomic mass is 16.6. The summed E-state index contributed by atoms with van der Waals surface area (Å²) in [7, 11) is 0. The van der Waals surface area contributed by atoms with Crippen molar-refractivity contribution in [2.24, 2.45) is 0 Å². The number of rotatable bonds is 70. The minimum atomic E-state index is -0.764. The van der Waals surface area contributed by atoms with E-state index in [1.54, 1.807) is 0 Å². The van der Waals surface area contributed by atoms with Gasteiger partial charge in [-0.15, -0.1) is 0 Å². The second-order valence-electron chi connectivity index (χ2n) is 25.6. The van der Waals surface area contributed by atoms with Gasteiger partial charge in [-0.1, -0.05) is 400 Å². The maximum Gasteiger partial charge on any atom is 0.306 e. The smallest absolute Gasteiger partial charge is 0.306 e. The lowest BCUT2D eigenvalue weighted by Crippen LogP contribution is -2.30. The van der Waals surface area contributed by atoms with Crippen LogP contribution in [0, 0.1) is 0 Å². The normalized spacial score (nSPS) is 11.9. The molecular formula is C74H144O6. The van der Waals surface area contributed by atoms with E-state index >= 15 is 0 Å². The van der Waals surface area contributed by atoms with Crippen molar-refractivity contribution in [1.29, 1.82) is 0 Å². The predicted molar refractivity (Wildman–Crippen MR) is 349 cm³/mol. The van der Waals surface area contributed by atoms with E-state index in [1.807, 2.05) is 0 Å². The largest absolute Gasteiger partial charge is 0.462 e. The fourth-order valence-corrected chi connectivity index (χ4v) is 11.8. The molecule has 6 nitrogen and oxygen atoms in total. The van der Waals surface area contributed by atoms with Crippen LogP contribution in [0.2, 0.25) is 0 Å². The van der Waals surface area contributed by atoms with Crippen LogP contribution in [0.3, 0.4) is 0 Å². The molecule has 6 heteroatoms. The van der Waals surface area contributed by atoms with Gasteiger partial charge in [0.05, 0.1) is 0 Å². The summed E-state index contributed by atoms with van der Waals surface area (Å²) in [6, 6.07) is 0. The number of hydrogen-bond acceptors (Lipinski definition) is 6. The molecule has 0 saturated carbocycles. The molecule has 1 unspecified atom stereocenters. The Morgan fingerprint density at radius 3 is 0.500 bits per heavy atom. The third kappa shape index (κ3) is 67.2. The zero-order valence-electron chi connectivity index (χ0n) is 54.9. The number of ether oxygens (including phenoxy) is 3. The predicted octanol–water partition coefficient (Wildman–Crippen LogP) is 25.4. The van der Waals surface area contributed by atoms with Gasteiger partial charge in [-0.2, -0.15) is 0 Å². The number of carbonyl (C=O) groups excluding carboxylic acids is 3. The summed E-state index contributed by atoms with van der Waals surface area (Å²) in [5, 5.41) is 0. The van der Waals surface area contributed by atoms with Gasteiger partial charge in [0.2, 0.25) is 0 Å². The Kier molecular flexibility index (Phi) is 68.5. The van der Waals surface area contributed by atoms with Crippen LogP contribution in [0.15, 0.2) is 0 Å². The monoisotopic (exact) mass is 1130 g/mol. The fraction of sp³-hybridized carbons (Fsp3) is 0.959. The van der Waals surface area contributed by atoms with Gasteiger partial charge < -0.3 is 14.2 Å². The molecule has 0 aromatic carbocycles. The first-order valence-electron chi connectivity index (χ1n) is 37.0. The second kappa shape index (κ2) is 69.9. The van der Waals surface area contributed by atoms with Crippen LogP contribution in [0.4, 0.5) is 0 Å². The molecule has 0 amide bonds. The van der Waals surface area contributed by atoms with Crippen molar-refractivity contribution in [2.75, 3.05) is 13.2 Å². The lowest BCUT2D eigenvalue weighted by Gasteiger charge is -2.18. The van der Waals surface area contributed by atoms with Crippen molar-refractivity contribution in [3.8, 4) is 0 Å². The van der Waals surface area contributed by atoms with E-state index in [-0.39, 0.29) is 31.1 Å². The van der Waals surface area contributed by atoms with E-state index < -0.39 is 6.10 Å². The molecule has 80 heavy (non-hydrogen) atoms. The van der Waals surface area contributed by atoms with E-state index in [4.69, 9.17) is 14.2 Å². The van der Waals surface area contributed by atoms with E-state index in [0.29, 0.717) is 19.3 Å². The Balaban J connectivity index is 4.18. The molecule has 0 aromatic heterocycles. The molecule has 0 radical (unpaired) electrons. The van der Waals surface area contributed by atoms with Gasteiger partial charge >= 0.3 is 17.9 Å². The summed E-state index contributed by atoms with van der Waals surface area (Å²) in [6.45, 7) is 6.75. The first kappa shape index (κ1) is 78.4. The minimum Gasteiger partial charge on any atom is -0.462 e. The number of hydrogen-bond donors (Lipinski definition) is 0. The van der Waals surface area contributed by atoms with Crippen LogP contribution in [-0.2, 0) is 28.6 Å². The van der Waals surface area contributed by atoms with Crippen LogP contribution in [0.5, 0.6) is 0 Å². The molecule has 0 heterocycles. The first-order valence-corrected chi connectivity index (χ1v) is 37.0. The van der Waals surface area contributed by atoms with Crippen LogP contribution >= 0.6 is 0 Å². The Labute approximate surface area is 501 Å². The molecule has 0 aliphatic rings. The molecule has 0 bridgehead atoms. The second-order valence-corrected chi connectivity index (χ2v) is 25.6. The Bertz CT molecular complexity index is 1200. The zero-order valence-corrected chi connectivity index (χ0v) is 54.9. The summed E-state index contributed by atoms with van der Waals surface area (Å²) < 4.78 is 17.0. The average molecular weight is 1130 g/mol. The molecule has 0 rings (SSSR count). The maximum absolute atomic E-state index is 13.0. The van der Waals surface area contributed by atoms with Gasteiger partial charge in [0.15, 0.2) is 6.10 Å². The third-order valence-electron chi connectivity index (χ3n) is 17.4. The van der Waals surface area contributed by atoms with Crippen LogP contribution in [0.1, 0.15) is 438 Å². The molecule has 0 aliphatic heterocycles. The first-order chi connectivity index (χ1) is 39.5. The topological polar surface area (TPSA) is 78.9 Å². The molecule has 0 aliphatic carbocycles. The van der Waals surface area contributed by atoms with E-state index in [9.17, 15) is 14.4 Å². The van der Waals surface area contributed by atoms with Crippen molar-refractivity contribution in [1.82, 2.24) is 0 Å². The van der Waals surface area contributed by atoms with Gasteiger partial charge in [-0.05, 0) is 19.3 Å². The van der Waals surface area contributed by atoms with E-state index in [0.717, 1.165) is 57.8 Å². The van der Waals surface area contributed by atoms with E-state index in [2.05, 4.69) is 20.8 Å². The minimum absolute atomic E-state index is 0.0600. The number of unbranched alkanes of at least 4 members (excludes halogenated alkanes) is 59. The van der Waals surface area contributed by atoms with Crippen LogP contribution in [-0.4, -0.2) is 37.2 Å². The standard InChI is InChI=1S/C74H144O6/c1-4-7-10-13-16-19-22-25-28-31-32-33-34-35-36-37-38-39-40-41-44-46-49-52-55-58-61-64-67-73(76)79-70-71(80-74(77)68-65-62-59-56-53-50-47-43-30-27-24-21-18-15-12-9-6-3)69-78-72(75)66-63-60-57-54-51-48-45-42-29-26-23-20-17-14-11-8-5-2/h71H,4-70H2,1-3H3. The van der Waals surface area contributed by atoms with Crippen molar-refractivity contribution in [3.05, 3.63) is 0 Å². The highest BCUT2D eigenvalue weighted by Gasteiger charge is 2.20. The van der Waals surface area contributed by atoms with Crippen molar-refractivity contribution < 1.29 is 28.6 Å². The molecule has 0 saturated heterocycles. The number of carbonyl (C=O) groups is 3. The Hall–Kier alpha value is -1.59. The summed E-state index contributed by atoms with van der Waals surface area (Å²) >= 11 is 0. The lowest BCUT2D eigenvalue weighted by molar-refractivity contribution is -0.167. The van der Waals surface area contributed by atoms with Crippen molar-refractivity contribution in [2.45, 2.75) is 444 Å². The zero-order chi connectivity index (χ0) is 57.8. The molecule has 1 atom stereocenters. The molecule has 0 N–H and O–H groups in total. The summed E-state index contributed by atoms with van der Waals surface area (Å²) in [5.74, 6) is -0.816. The van der Waals surface area contributed by atoms with Crippen molar-refractivity contribution >= 4 is 17.9 Å². The summed E-state index contributed by atoms with van der Waals surface area (Å²) in [4.78, 5) is 38.5. The van der Waals surface area contributed by atoms with Crippen LogP contribution < -0.4 is 0 Å². The van der Waals surface area contributed by atoms with Crippen LogP contribution in [0.25, 0.3) is 0 Å². The van der Waals surface area contributed by atoms with Gasteiger partial charge in [0, 0.05) is 19.3 Å². The Morgan fingerprint density at radius 2 is 0.338 bits per heavy atom. The van der Waals surface area contributed by atoms with Crippen molar-refractivity contribution in [3.63, 3.8) is 0 Å². The number of esters is 3. The SMILES string of the molecule is CCCCCCCCCCCCCCCCCCCCCCCCCCCCCCC(=O)OCC(COC(=O)CCCCCCCCCCCCCCCCCCC)OC(=O)CCCCCCCCCCCCCCCCCCC. The third-order valence-corrected chi connectivity index (χ3v) is 17.4. The highest BCUT2D eigenvalue weighted by Crippen LogP contribution is 2.20. The van der Waals surface area contributed by atoms with E-state index in [1.165, 1.54) is 340 Å². The summed E-state index contributed by atoms with van der Waals surface area (Å²) in [6.07, 6.45) is 82.9. The summed E-state index contributed by atoms with van der Waals surface area (Å²) in [5.41, 5.74) is 0. The average Bonchev–Trinajstić information content (AvgIpc) is 3.46. The molecule has 0 spiro atoms. The van der Waals surface area contributed by atoms with Gasteiger partial charge in [-0.3, -0.25) is 14.4 Å². The Morgan fingerprint density at radius 1 is 0.200 bits per heavy atom. The lowest BCUT2D eigenvalue weighted by atomic mass is 10.0. The fourth-order valence-electron chi connectivity index (χ4n) is 11.8. The van der Waals surface area contributed by atoms with Gasteiger partial charge in [0.1, 0.15) is 13.2 Å². The quantitative estimate of drug-likeness (QED) is 0.0343. The highest BCUT2D eigenvalue weighted by molar-refractivity contribution is 5.71. The maximum atomic E-state index is 13.0. The molecule has 0 aromatic rings.